The number of thiophene rings is 1. The van der Waals surface area contributed by atoms with Crippen molar-refractivity contribution in [1.29, 1.82) is 0 Å². The van der Waals surface area contributed by atoms with Crippen LogP contribution in [0.25, 0.3) is 104 Å². The van der Waals surface area contributed by atoms with Crippen LogP contribution in [0.2, 0.25) is 0 Å². The monoisotopic (exact) mass is 818 g/mol. The zero-order chi connectivity index (χ0) is 41.2. The van der Waals surface area contributed by atoms with Gasteiger partial charge in [0, 0.05) is 58.9 Å². The molecule has 12 aromatic rings. The molecule has 1 spiro atoms. The number of nitrogens with zero attached hydrogens (tertiary/aromatic N) is 4. The highest BCUT2D eigenvalue weighted by atomic mass is 32.1. The van der Waals surface area contributed by atoms with Gasteiger partial charge in [-0.3, -0.25) is 0 Å². The normalized spacial score (nSPS) is 13.2. The van der Waals surface area contributed by atoms with Gasteiger partial charge in [-0.05, 0) is 69.3 Å². The quantitative estimate of drug-likeness (QED) is 0.178. The largest absolute Gasteiger partial charge is 0.309 e. The molecule has 0 radical (unpaired) electrons. The molecule has 292 valence electrons. The van der Waals surface area contributed by atoms with Gasteiger partial charge >= 0.3 is 0 Å². The molecule has 14 rings (SSSR count). The second-order valence-corrected chi connectivity index (χ2v) is 17.7. The fourth-order valence-electron chi connectivity index (χ4n) is 10.9. The van der Waals surface area contributed by atoms with Crippen LogP contribution in [-0.4, -0.2) is 19.5 Å². The van der Waals surface area contributed by atoms with Gasteiger partial charge in [0.2, 0.25) is 0 Å². The second kappa shape index (κ2) is 13.0. The molecular formula is C58H34N4S. The Morgan fingerprint density at radius 2 is 0.921 bits per heavy atom. The van der Waals surface area contributed by atoms with E-state index in [9.17, 15) is 0 Å². The van der Waals surface area contributed by atoms with Crippen LogP contribution in [0.4, 0.5) is 0 Å². The highest BCUT2D eigenvalue weighted by Crippen LogP contribution is 2.64. The van der Waals surface area contributed by atoms with Crippen molar-refractivity contribution in [2.75, 3.05) is 0 Å². The number of hydrogen-bond acceptors (Lipinski definition) is 4. The molecule has 0 atom stereocenters. The Morgan fingerprint density at radius 3 is 1.68 bits per heavy atom. The zero-order valence-corrected chi connectivity index (χ0v) is 34.6. The summed E-state index contributed by atoms with van der Waals surface area (Å²) >= 11 is 1.80. The van der Waals surface area contributed by atoms with Gasteiger partial charge in [-0.2, -0.15) is 0 Å². The summed E-state index contributed by atoms with van der Waals surface area (Å²) in [6.07, 6.45) is 0. The van der Waals surface area contributed by atoms with Crippen LogP contribution in [0.1, 0.15) is 22.3 Å². The minimum absolute atomic E-state index is 0.440. The standard InChI is InChI=1S/C58H34N4S/c1-2-15-35(16-3-1)55-59-56(61-57(60-55)37-29-30-43-42-22-8-13-28-51(42)63-52(43)34-37)36-17-14-18-38(33-36)62-50-27-12-7-21-41(50)44-31-32-49-53(54(44)62)45-23-6-11-26-48(45)58(49)46-24-9-4-19-39(46)40-20-5-10-25-47(40)58/h1-34H. The SMILES string of the molecule is c1ccc(-c2nc(-c3cccc(-n4c5ccccc5c5ccc6c(c54)-c4ccccc4C64c5ccccc5-c5ccccc54)c3)nc(-c3ccc4c(c3)sc3ccccc34)n2)cc1. The Labute approximate surface area is 367 Å². The maximum absolute atomic E-state index is 5.26. The lowest BCUT2D eigenvalue weighted by molar-refractivity contribution is 0.794. The predicted molar refractivity (Wildman–Crippen MR) is 260 cm³/mol. The van der Waals surface area contributed by atoms with E-state index in [-0.39, 0.29) is 0 Å². The number of rotatable bonds is 4. The third-order valence-electron chi connectivity index (χ3n) is 13.5. The fraction of sp³-hybridized carbons (Fsp3) is 0.0172. The molecule has 0 amide bonds. The van der Waals surface area contributed by atoms with Crippen LogP contribution in [-0.2, 0) is 5.41 Å². The van der Waals surface area contributed by atoms with Crippen molar-refractivity contribution >= 4 is 53.3 Å². The maximum Gasteiger partial charge on any atom is 0.164 e. The van der Waals surface area contributed by atoms with Gasteiger partial charge in [-0.15, -0.1) is 11.3 Å². The van der Waals surface area contributed by atoms with Gasteiger partial charge in [0.25, 0.3) is 0 Å². The van der Waals surface area contributed by atoms with Gasteiger partial charge in [-0.1, -0.05) is 176 Å². The molecule has 63 heavy (non-hydrogen) atoms. The Morgan fingerprint density at radius 1 is 0.365 bits per heavy atom. The first-order chi connectivity index (χ1) is 31.2. The van der Waals surface area contributed by atoms with Crippen LogP contribution in [0, 0.1) is 0 Å². The summed E-state index contributed by atoms with van der Waals surface area (Å²) in [4.78, 5) is 15.6. The smallest absolute Gasteiger partial charge is 0.164 e. The summed E-state index contributed by atoms with van der Waals surface area (Å²) in [6, 6.07) is 74.9. The molecule has 9 aromatic carbocycles. The van der Waals surface area contributed by atoms with Crippen molar-refractivity contribution in [1.82, 2.24) is 19.5 Å². The van der Waals surface area contributed by atoms with Crippen LogP contribution in [0.3, 0.4) is 0 Å². The molecule has 2 aliphatic rings. The molecule has 0 fully saturated rings. The summed E-state index contributed by atoms with van der Waals surface area (Å²) in [7, 11) is 0. The van der Waals surface area contributed by atoms with Crippen LogP contribution < -0.4 is 0 Å². The van der Waals surface area contributed by atoms with Gasteiger partial charge in [0.05, 0.1) is 16.4 Å². The summed E-state index contributed by atoms with van der Waals surface area (Å²) in [5.41, 5.74) is 16.3. The first-order valence-electron chi connectivity index (χ1n) is 21.4. The molecule has 5 heteroatoms. The summed E-state index contributed by atoms with van der Waals surface area (Å²) in [6.45, 7) is 0. The van der Waals surface area contributed by atoms with Crippen molar-refractivity contribution in [3.63, 3.8) is 0 Å². The van der Waals surface area contributed by atoms with E-state index in [1.807, 2.05) is 18.2 Å². The minimum atomic E-state index is -0.440. The molecular weight excluding hydrogens is 785 g/mol. The van der Waals surface area contributed by atoms with Gasteiger partial charge in [0.1, 0.15) is 0 Å². The van der Waals surface area contributed by atoms with E-state index < -0.39 is 5.41 Å². The summed E-state index contributed by atoms with van der Waals surface area (Å²) in [5, 5.41) is 4.97. The summed E-state index contributed by atoms with van der Waals surface area (Å²) < 4.78 is 4.96. The van der Waals surface area contributed by atoms with Gasteiger partial charge in [0.15, 0.2) is 17.5 Å². The highest BCUT2D eigenvalue weighted by Gasteiger charge is 2.52. The fourth-order valence-corrected chi connectivity index (χ4v) is 12.0. The Hall–Kier alpha value is -7.99. The van der Waals surface area contributed by atoms with E-state index in [0.717, 1.165) is 27.9 Å². The molecule has 0 saturated heterocycles. The Balaban J connectivity index is 1.01. The van der Waals surface area contributed by atoms with E-state index in [1.165, 1.54) is 81.0 Å². The van der Waals surface area contributed by atoms with Crippen LogP contribution in [0.15, 0.2) is 206 Å². The lowest BCUT2D eigenvalue weighted by atomic mass is 9.70. The molecule has 3 heterocycles. The number of fused-ring (bicyclic) bond motifs is 17. The van der Waals surface area contributed by atoms with Gasteiger partial charge in [-0.25, -0.2) is 15.0 Å². The first-order valence-corrected chi connectivity index (χ1v) is 22.3. The average molecular weight is 819 g/mol. The molecule has 0 aliphatic heterocycles. The van der Waals surface area contributed by atoms with Crippen molar-refractivity contribution < 1.29 is 0 Å². The third kappa shape index (κ3) is 4.77. The van der Waals surface area contributed by atoms with E-state index in [2.05, 4.69) is 193 Å². The first kappa shape index (κ1) is 34.7. The Kier molecular flexibility index (Phi) is 7.16. The highest BCUT2D eigenvalue weighted by molar-refractivity contribution is 7.25. The number of hydrogen-bond donors (Lipinski definition) is 0. The van der Waals surface area contributed by atoms with Crippen LogP contribution in [0.5, 0.6) is 0 Å². The lowest BCUT2D eigenvalue weighted by Crippen LogP contribution is -2.25. The van der Waals surface area contributed by atoms with Crippen molar-refractivity contribution in [2.45, 2.75) is 5.41 Å². The predicted octanol–water partition coefficient (Wildman–Crippen LogP) is 14.7. The summed E-state index contributed by atoms with van der Waals surface area (Å²) in [5.74, 6) is 1.93. The third-order valence-corrected chi connectivity index (χ3v) is 14.6. The molecule has 4 nitrogen and oxygen atoms in total. The maximum atomic E-state index is 5.26. The average Bonchev–Trinajstić information content (AvgIpc) is 4.08. The minimum Gasteiger partial charge on any atom is -0.309 e. The molecule has 0 bridgehead atoms. The Bertz CT molecular complexity index is 3830. The lowest BCUT2D eigenvalue weighted by Gasteiger charge is -2.30. The molecule has 0 unspecified atom stereocenters. The van der Waals surface area contributed by atoms with E-state index in [0.29, 0.717) is 17.5 Å². The number of benzene rings is 9. The molecule has 2 aliphatic carbocycles. The van der Waals surface area contributed by atoms with Crippen molar-refractivity contribution in [3.8, 4) is 62.1 Å². The van der Waals surface area contributed by atoms with Crippen molar-refractivity contribution in [3.05, 3.63) is 229 Å². The number of aromatic nitrogens is 4. The molecule has 3 aromatic heterocycles. The zero-order valence-electron chi connectivity index (χ0n) is 33.8. The second-order valence-electron chi connectivity index (χ2n) is 16.7. The topological polar surface area (TPSA) is 43.6 Å². The van der Waals surface area contributed by atoms with E-state index >= 15 is 0 Å². The van der Waals surface area contributed by atoms with E-state index in [4.69, 9.17) is 15.0 Å². The van der Waals surface area contributed by atoms with Crippen molar-refractivity contribution in [2.24, 2.45) is 0 Å². The van der Waals surface area contributed by atoms with E-state index in [1.54, 1.807) is 11.3 Å². The van der Waals surface area contributed by atoms with Crippen LogP contribution >= 0.6 is 11.3 Å². The number of para-hydroxylation sites is 1. The molecule has 0 saturated carbocycles. The van der Waals surface area contributed by atoms with Gasteiger partial charge < -0.3 is 4.57 Å². The molecule has 0 N–H and O–H groups in total.